The van der Waals surface area contributed by atoms with Crippen LogP contribution in [0.15, 0.2) is 29.0 Å². The minimum absolute atomic E-state index is 0.0439. The first-order chi connectivity index (χ1) is 9.11. The smallest absolute Gasteiger partial charge is 0.239 e. The van der Waals surface area contributed by atoms with Gasteiger partial charge in [0.1, 0.15) is 5.82 Å². The van der Waals surface area contributed by atoms with Gasteiger partial charge in [-0.3, -0.25) is 4.79 Å². The summed E-state index contributed by atoms with van der Waals surface area (Å²) in [7, 11) is 0. The molecule has 0 unspecified atom stereocenters. The molecule has 4 heteroatoms. The third kappa shape index (κ3) is 6.91. The van der Waals surface area contributed by atoms with Crippen molar-refractivity contribution in [1.29, 1.82) is 0 Å². The molecule has 0 aromatic rings. The topological polar surface area (TPSA) is 53.5 Å². The lowest BCUT2D eigenvalue weighted by atomic mass is 9.95. The molecule has 106 valence electrons. The monoisotopic (exact) mass is 263 g/mol. The second-order valence-corrected chi connectivity index (χ2v) is 5.04. The Kier molecular flexibility index (Phi) is 7.11. The summed E-state index contributed by atoms with van der Waals surface area (Å²) in [6.07, 6.45) is 9.63. The number of hydrogen-bond acceptors (Lipinski definition) is 3. The van der Waals surface area contributed by atoms with Crippen LogP contribution in [0.25, 0.3) is 0 Å². The van der Waals surface area contributed by atoms with Gasteiger partial charge in [0.2, 0.25) is 5.91 Å². The largest absolute Gasteiger partial charge is 0.310 e. The summed E-state index contributed by atoms with van der Waals surface area (Å²) in [6.45, 7) is 7.80. The molecule has 1 rings (SSSR count). The summed E-state index contributed by atoms with van der Waals surface area (Å²) in [5, 5.41) is 6.09. The molecule has 2 N–H and O–H groups in total. The van der Waals surface area contributed by atoms with Crippen LogP contribution in [0.1, 0.15) is 46.0 Å². The molecule has 0 aliphatic heterocycles. The lowest BCUT2D eigenvalue weighted by Crippen LogP contribution is -2.39. The van der Waals surface area contributed by atoms with E-state index >= 15 is 0 Å². The van der Waals surface area contributed by atoms with Crippen molar-refractivity contribution in [2.75, 3.05) is 6.54 Å². The molecule has 0 heterocycles. The van der Waals surface area contributed by atoms with Gasteiger partial charge in [-0.15, -0.1) is 0 Å². The van der Waals surface area contributed by atoms with Crippen molar-refractivity contribution in [1.82, 2.24) is 10.6 Å². The Morgan fingerprint density at radius 1 is 1.37 bits per heavy atom. The number of carbonyl (C=O) groups is 1. The van der Waals surface area contributed by atoms with Gasteiger partial charge in [0.25, 0.3) is 0 Å². The molecule has 0 spiro atoms. The maximum atomic E-state index is 11.8. The molecule has 0 atom stereocenters. The number of allylic oxidation sites excluding steroid dienone is 2. The van der Waals surface area contributed by atoms with Crippen LogP contribution in [0.5, 0.6) is 0 Å². The lowest BCUT2D eigenvalue weighted by molar-refractivity contribution is -0.119. The number of carbonyl (C=O) groups excluding carboxylic acids is 1. The van der Waals surface area contributed by atoms with Crippen molar-refractivity contribution < 1.29 is 4.79 Å². The average molecular weight is 263 g/mol. The molecule has 1 fully saturated rings. The number of hydrogen-bond donors (Lipinski definition) is 2. The van der Waals surface area contributed by atoms with Gasteiger partial charge in [-0.25, -0.2) is 4.99 Å². The van der Waals surface area contributed by atoms with E-state index in [9.17, 15) is 4.79 Å². The number of amides is 1. The first-order valence-electron chi connectivity index (χ1n) is 7.01. The number of rotatable bonds is 6. The van der Waals surface area contributed by atoms with Gasteiger partial charge < -0.3 is 10.6 Å². The normalized spacial score (nSPS) is 17.7. The first kappa shape index (κ1) is 15.6. The van der Waals surface area contributed by atoms with Crippen LogP contribution in [0.4, 0.5) is 0 Å². The maximum absolute atomic E-state index is 11.8. The molecular formula is C15H25N3O. The molecule has 1 aliphatic carbocycles. The van der Waals surface area contributed by atoms with Gasteiger partial charge in [-0.1, -0.05) is 25.8 Å². The zero-order valence-corrected chi connectivity index (χ0v) is 12.0. The minimum atomic E-state index is -0.0439. The molecule has 1 amide bonds. The Balaban J connectivity index is 2.30. The fraction of sp³-hybridized carbons (Fsp3) is 0.600. The first-order valence-corrected chi connectivity index (χ1v) is 7.01. The molecule has 4 nitrogen and oxygen atoms in total. The van der Waals surface area contributed by atoms with Gasteiger partial charge in [-0.05, 0) is 38.3 Å². The highest BCUT2D eigenvalue weighted by Gasteiger charge is 2.13. The fourth-order valence-electron chi connectivity index (χ4n) is 2.09. The van der Waals surface area contributed by atoms with Gasteiger partial charge >= 0.3 is 0 Å². The van der Waals surface area contributed by atoms with E-state index in [0.717, 1.165) is 5.57 Å². The van der Waals surface area contributed by atoms with Crippen LogP contribution in [0, 0.1) is 0 Å². The lowest BCUT2D eigenvalue weighted by Gasteiger charge is -2.22. The zero-order chi connectivity index (χ0) is 14.1. The quantitative estimate of drug-likeness (QED) is 0.724. The molecule has 0 saturated heterocycles. The third-order valence-corrected chi connectivity index (χ3v) is 3.12. The van der Waals surface area contributed by atoms with Crippen molar-refractivity contribution in [3.05, 3.63) is 24.0 Å². The summed E-state index contributed by atoms with van der Waals surface area (Å²) in [5.74, 6) is 0.524. The van der Waals surface area contributed by atoms with Crippen LogP contribution in [0.3, 0.4) is 0 Å². The second-order valence-electron chi connectivity index (χ2n) is 5.04. The summed E-state index contributed by atoms with van der Waals surface area (Å²) in [4.78, 5) is 15.9. The number of nitrogens with one attached hydrogen (secondary N) is 2. The Labute approximate surface area is 116 Å². The second kappa shape index (κ2) is 8.64. The summed E-state index contributed by atoms with van der Waals surface area (Å²) in [5.41, 5.74) is 0.855. The average Bonchev–Trinajstić information content (AvgIpc) is 2.42. The van der Waals surface area contributed by atoms with Crippen molar-refractivity contribution >= 4 is 12.1 Å². The van der Waals surface area contributed by atoms with Crippen molar-refractivity contribution in [2.24, 2.45) is 4.99 Å². The Morgan fingerprint density at radius 3 is 2.63 bits per heavy atom. The standard InChI is InChI=1S/C15H25N3O/c1-4-14(17-10-12(2)3)18-15(19)11-16-13-8-6-5-7-9-13/h4,10,13,16H,2,5-9,11H2,1,3H3,(H,18,19)/b14-4+,17-10?. The van der Waals surface area contributed by atoms with Crippen molar-refractivity contribution in [3.63, 3.8) is 0 Å². The SMILES string of the molecule is C=C(C)C=N/C(=C\C)NC(=O)CNC1CCCCC1. The summed E-state index contributed by atoms with van der Waals surface area (Å²) in [6, 6.07) is 0.493. The Hall–Kier alpha value is -1.42. The zero-order valence-electron chi connectivity index (χ0n) is 12.0. The maximum Gasteiger partial charge on any atom is 0.239 e. The highest BCUT2D eigenvalue weighted by Crippen LogP contribution is 2.16. The van der Waals surface area contributed by atoms with E-state index in [1.807, 2.05) is 13.8 Å². The van der Waals surface area contributed by atoms with E-state index in [2.05, 4.69) is 22.2 Å². The highest BCUT2D eigenvalue weighted by molar-refractivity contribution is 5.81. The Morgan fingerprint density at radius 2 is 2.05 bits per heavy atom. The molecule has 1 saturated carbocycles. The van der Waals surface area contributed by atoms with E-state index < -0.39 is 0 Å². The van der Waals surface area contributed by atoms with E-state index in [0.29, 0.717) is 18.4 Å². The molecule has 0 bridgehead atoms. The van der Waals surface area contributed by atoms with Crippen LogP contribution in [-0.2, 0) is 4.79 Å². The molecule has 0 radical (unpaired) electrons. The van der Waals surface area contributed by atoms with Gasteiger partial charge in [0.15, 0.2) is 0 Å². The number of aliphatic imine (C=N–C) groups is 1. The van der Waals surface area contributed by atoms with Gasteiger partial charge in [0.05, 0.1) is 6.54 Å². The molecule has 1 aliphatic rings. The predicted octanol–water partition coefficient (Wildman–Crippen LogP) is 2.53. The molecule has 0 aromatic heterocycles. The van der Waals surface area contributed by atoms with Crippen LogP contribution in [0.2, 0.25) is 0 Å². The third-order valence-electron chi connectivity index (χ3n) is 3.12. The van der Waals surface area contributed by atoms with Gasteiger partial charge in [0, 0.05) is 12.3 Å². The van der Waals surface area contributed by atoms with Crippen LogP contribution in [-0.4, -0.2) is 24.7 Å². The Bertz CT molecular complexity index is 366. The van der Waals surface area contributed by atoms with E-state index in [1.54, 1.807) is 12.3 Å². The minimum Gasteiger partial charge on any atom is -0.310 e. The number of nitrogens with zero attached hydrogens (tertiary/aromatic N) is 1. The van der Waals surface area contributed by atoms with E-state index in [1.165, 1.54) is 32.1 Å². The van der Waals surface area contributed by atoms with E-state index in [-0.39, 0.29) is 5.91 Å². The summed E-state index contributed by atoms with van der Waals surface area (Å²) >= 11 is 0. The molecular weight excluding hydrogens is 238 g/mol. The fourth-order valence-corrected chi connectivity index (χ4v) is 2.09. The van der Waals surface area contributed by atoms with Gasteiger partial charge in [-0.2, -0.15) is 0 Å². The van der Waals surface area contributed by atoms with E-state index in [4.69, 9.17) is 0 Å². The predicted molar refractivity (Wildman–Crippen MR) is 80.1 cm³/mol. The van der Waals surface area contributed by atoms with Crippen LogP contribution >= 0.6 is 0 Å². The highest BCUT2D eigenvalue weighted by atomic mass is 16.2. The molecule has 19 heavy (non-hydrogen) atoms. The summed E-state index contributed by atoms with van der Waals surface area (Å²) < 4.78 is 0. The van der Waals surface area contributed by atoms with Crippen LogP contribution < -0.4 is 10.6 Å². The van der Waals surface area contributed by atoms with Crippen molar-refractivity contribution in [2.45, 2.75) is 52.0 Å². The molecule has 0 aromatic carbocycles. The van der Waals surface area contributed by atoms with Crippen molar-refractivity contribution in [3.8, 4) is 0 Å².